The van der Waals surface area contributed by atoms with Gasteiger partial charge in [0, 0.05) is 5.02 Å². The van der Waals surface area contributed by atoms with Crippen LogP contribution in [0.25, 0.3) is 0 Å². The van der Waals surface area contributed by atoms with Gasteiger partial charge in [-0.3, -0.25) is 14.9 Å². The second-order valence-electron chi connectivity index (χ2n) is 5.80. The monoisotopic (exact) mass is 423 g/mol. The van der Waals surface area contributed by atoms with E-state index in [-0.39, 0.29) is 40.0 Å². The lowest BCUT2D eigenvalue weighted by Gasteiger charge is -2.08. The van der Waals surface area contributed by atoms with E-state index in [1.165, 1.54) is 26.0 Å². The number of hydrogen-bond donors (Lipinski definition) is 2. The summed E-state index contributed by atoms with van der Waals surface area (Å²) < 4.78 is 15.1. The van der Waals surface area contributed by atoms with E-state index < -0.39 is 36.0 Å². The molecule has 2 rings (SSSR count). The number of esters is 2. The lowest BCUT2D eigenvalue weighted by Crippen LogP contribution is -2.22. The van der Waals surface area contributed by atoms with Crippen LogP contribution in [0.2, 0.25) is 5.02 Å². The first kappa shape index (κ1) is 22.0. The Kier molecular flexibility index (Phi) is 7.00. The highest BCUT2D eigenvalue weighted by Crippen LogP contribution is 2.28. The number of nitrogens with one attached hydrogen (secondary N) is 1. The van der Waals surface area contributed by atoms with Crippen LogP contribution in [0.15, 0.2) is 22.6 Å². The van der Waals surface area contributed by atoms with Gasteiger partial charge in [-0.15, -0.1) is 0 Å². The predicted molar refractivity (Wildman–Crippen MR) is 101 cm³/mol. The van der Waals surface area contributed by atoms with E-state index in [0.717, 1.165) is 6.07 Å². The number of phenols is 1. The van der Waals surface area contributed by atoms with Gasteiger partial charge in [-0.05, 0) is 39.0 Å². The first-order valence-corrected chi connectivity index (χ1v) is 8.80. The van der Waals surface area contributed by atoms with Gasteiger partial charge < -0.3 is 19.0 Å². The van der Waals surface area contributed by atoms with Crippen molar-refractivity contribution in [2.75, 3.05) is 18.5 Å². The maximum absolute atomic E-state index is 12.2. The van der Waals surface area contributed by atoms with Crippen LogP contribution in [0.5, 0.6) is 5.75 Å². The number of aryl methyl sites for hydroxylation is 1. The number of anilines is 1. The minimum absolute atomic E-state index is 0.0122. The molecule has 1 amide bonds. The zero-order valence-corrected chi connectivity index (χ0v) is 16.6. The lowest BCUT2D eigenvalue weighted by molar-refractivity contribution is -0.119. The predicted octanol–water partition coefficient (Wildman–Crippen LogP) is 3.12. The molecule has 1 heterocycles. The Bertz CT molecular complexity index is 979. The topological polar surface area (TPSA) is 132 Å². The zero-order valence-electron chi connectivity index (χ0n) is 15.8. The van der Waals surface area contributed by atoms with Crippen LogP contribution in [0.3, 0.4) is 0 Å². The van der Waals surface area contributed by atoms with Crippen molar-refractivity contribution in [1.82, 2.24) is 0 Å². The number of Topliss-reactive ketones (excluding diaryl/α,β-unsaturated/α-hetero) is 1. The Morgan fingerprint density at radius 1 is 1.14 bits per heavy atom. The van der Waals surface area contributed by atoms with Crippen molar-refractivity contribution in [3.05, 3.63) is 45.7 Å². The highest BCUT2D eigenvalue weighted by Gasteiger charge is 2.29. The van der Waals surface area contributed by atoms with Crippen LogP contribution in [-0.4, -0.2) is 41.9 Å². The average molecular weight is 424 g/mol. The highest BCUT2D eigenvalue weighted by atomic mass is 35.5. The van der Waals surface area contributed by atoms with Crippen molar-refractivity contribution in [2.45, 2.75) is 20.8 Å². The van der Waals surface area contributed by atoms with Gasteiger partial charge in [0.15, 0.2) is 12.4 Å². The molecule has 2 aromatic rings. The molecule has 2 N–H and O–H groups in total. The molecule has 0 aliphatic carbocycles. The summed E-state index contributed by atoms with van der Waals surface area (Å²) in [6, 6.07) is 3.77. The van der Waals surface area contributed by atoms with Crippen LogP contribution < -0.4 is 5.32 Å². The zero-order chi connectivity index (χ0) is 21.7. The van der Waals surface area contributed by atoms with Gasteiger partial charge in [0.2, 0.25) is 5.88 Å². The molecule has 29 heavy (non-hydrogen) atoms. The van der Waals surface area contributed by atoms with Crippen LogP contribution in [0, 0.1) is 6.92 Å². The van der Waals surface area contributed by atoms with Crippen LogP contribution in [0.4, 0.5) is 5.88 Å². The molecule has 1 aromatic carbocycles. The number of phenolic OH excluding ortho intramolecular Hbond substituents is 1. The molecule has 0 radical (unpaired) electrons. The smallest absolute Gasteiger partial charge is 0.344 e. The number of hydrogen-bond acceptors (Lipinski definition) is 8. The summed E-state index contributed by atoms with van der Waals surface area (Å²) in [6.45, 7) is 3.60. The Morgan fingerprint density at radius 3 is 2.41 bits per heavy atom. The van der Waals surface area contributed by atoms with Crippen LogP contribution >= 0.6 is 11.6 Å². The number of rotatable bonds is 7. The van der Waals surface area contributed by atoms with Gasteiger partial charge in [0.25, 0.3) is 5.91 Å². The number of ether oxygens (including phenoxy) is 2. The van der Waals surface area contributed by atoms with Gasteiger partial charge in [0.05, 0.1) is 12.2 Å². The molecule has 0 unspecified atom stereocenters. The molecule has 0 spiro atoms. The van der Waals surface area contributed by atoms with Crippen molar-refractivity contribution in [2.24, 2.45) is 0 Å². The van der Waals surface area contributed by atoms with E-state index in [4.69, 9.17) is 25.5 Å². The molecule has 9 nitrogen and oxygen atoms in total. The third-order valence-corrected chi connectivity index (χ3v) is 3.92. The fourth-order valence-corrected chi connectivity index (χ4v) is 2.67. The number of amides is 1. The molecule has 0 atom stereocenters. The summed E-state index contributed by atoms with van der Waals surface area (Å²) in [7, 11) is 0. The van der Waals surface area contributed by atoms with Crippen LogP contribution in [-0.2, 0) is 14.3 Å². The minimum atomic E-state index is -0.958. The fourth-order valence-electron chi connectivity index (χ4n) is 2.50. The molecule has 0 fully saturated rings. The largest absolute Gasteiger partial charge is 0.507 e. The van der Waals surface area contributed by atoms with E-state index >= 15 is 0 Å². The first-order valence-electron chi connectivity index (χ1n) is 8.42. The van der Waals surface area contributed by atoms with E-state index in [1.807, 2.05) is 0 Å². The van der Waals surface area contributed by atoms with Gasteiger partial charge in [0.1, 0.15) is 22.6 Å². The fraction of sp³-hybridized carbons (Fsp3) is 0.263. The highest BCUT2D eigenvalue weighted by molar-refractivity contribution is 6.30. The number of carbonyl (C=O) groups is 4. The van der Waals surface area contributed by atoms with E-state index in [1.54, 1.807) is 6.92 Å². The summed E-state index contributed by atoms with van der Waals surface area (Å²) in [6.07, 6.45) is 0. The average Bonchev–Trinajstić information content (AvgIpc) is 2.96. The quantitative estimate of drug-likeness (QED) is 0.512. The second-order valence-corrected chi connectivity index (χ2v) is 6.24. The SMILES string of the molecule is CCOC(=O)c1c(NC(=O)COC(=O)c2ccc(Cl)cc2O)oc(C)c1C(C)=O. The molecule has 0 saturated carbocycles. The van der Waals surface area contributed by atoms with Gasteiger partial charge in [-0.2, -0.15) is 0 Å². The van der Waals surface area contributed by atoms with Crippen molar-refractivity contribution < 1.29 is 38.2 Å². The van der Waals surface area contributed by atoms with Gasteiger partial charge in [-0.1, -0.05) is 11.6 Å². The molecule has 154 valence electrons. The van der Waals surface area contributed by atoms with Crippen molar-refractivity contribution in [3.8, 4) is 5.75 Å². The number of benzene rings is 1. The molecule has 0 saturated heterocycles. The van der Waals surface area contributed by atoms with E-state index in [0.29, 0.717) is 0 Å². The molecule has 1 aromatic heterocycles. The molecule has 0 bridgehead atoms. The maximum atomic E-state index is 12.2. The third-order valence-electron chi connectivity index (χ3n) is 3.68. The van der Waals surface area contributed by atoms with E-state index in [9.17, 15) is 24.3 Å². The summed E-state index contributed by atoms with van der Waals surface area (Å²) in [5.41, 5.74) is -0.407. The van der Waals surface area contributed by atoms with Crippen LogP contribution in [0.1, 0.15) is 50.7 Å². The minimum Gasteiger partial charge on any atom is -0.507 e. The molecule has 10 heteroatoms. The Morgan fingerprint density at radius 2 is 1.83 bits per heavy atom. The third kappa shape index (κ3) is 5.14. The van der Waals surface area contributed by atoms with Gasteiger partial charge in [-0.25, -0.2) is 9.59 Å². The summed E-state index contributed by atoms with van der Waals surface area (Å²) in [5, 5.41) is 12.2. The van der Waals surface area contributed by atoms with E-state index in [2.05, 4.69) is 5.32 Å². The van der Waals surface area contributed by atoms with Crippen molar-refractivity contribution >= 4 is 41.1 Å². The molecule has 0 aliphatic rings. The Hall–Kier alpha value is -3.33. The Labute approximate surface area is 170 Å². The number of halogens is 1. The molecular weight excluding hydrogens is 406 g/mol. The Balaban J connectivity index is 2.14. The normalized spacial score (nSPS) is 10.3. The number of ketones is 1. The van der Waals surface area contributed by atoms with Gasteiger partial charge >= 0.3 is 11.9 Å². The number of carbonyl (C=O) groups excluding carboxylic acids is 4. The number of furan rings is 1. The lowest BCUT2D eigenvalue weighted by atomic mass is 10.1. The summed E-state index contributed by atoms with van der Waals surface area (Å²) in [5.74, 6) is -3.64. The van der Waals surface area contributed by atoms with Crippen molar-refractivity contribution in [1.29, 1.82) is 0 Å². The maximum Gasteiger partial charge on any atom is 0.344 e. The summed E-state index contributed by atoms with van der Waals surface area (Å²) in [4.78, 5) is 48.2. The molecular formula is C19H18ClNO8. The molecule has 0 aliphatic heterocycles. The standard InChI is InChI=1S/C19H18ClNO8/c1-4-27-19(26)16-15(9(2)22)10(3)29-17(16)21-14(24)8-28-18(25)12-6-5-11(20)7-13(12)23/h5-7,23H,4,8H2,1-3H3,(H,21,24). The second kappa shape index (κ2) is 9.24. The first-order chi connectivity index (χ1) is 13.6. The number of aromatic hydroxyl groups is 1. The summed E-state index contributed by atoms with van der Waals surface area (Å²) >= 11 is 5.69. The van der Waals surface area contributed by atoms with Crippen molar-refractivity contribution in [3.63, 3.8) is 0 Å².